The van der Waals surface area contributed by atoms with Crippen LogP contribution in [0.2, 0.25) is 0 Å². The maximum atomic E-state index is 10.8. The van der Waals surface area contributed by atoms with E-state index in [-0.39, 0.29) is 11.2 Å². The Labute approximate surface area is 76.5 Å². The Balaban J connectivity index is 3.17. The molecule has 0 radical (unpaired) electrons. The molecule has 1 aromatic rings. The highest BCUT2D eigenvalue weighted by atomic mass is 35.5. The molecule has 0 N–H and O–H groups in total. The number of rotatable bonds is 1. The zero-order chi connectivity index (χ0) is 9.35. The van der Waals surface area contributed by atoms with Crippen LogP contribution in [0, 0.1) is 0 Å². The van der Waals surface area contributed by atoms with Crippen molar-refractivity contribution in [1.82, 2.24) is 0 Å². The molecule has 0 saturated heterocycles. The van der Waals surface area contributed by atoms with Crippen LogP contribution in [0.5, 0.6) is 0 Å². The molecule has 3 heteroatoms. The summed E-state index contributed by atoms with van der Waals surface area (Å²) >= 11 is 5.32. The van der Waals surface area contributed by atoms with Gasteiger partial charge in [0.05, 0.1) is 6.26 Å². The molecule has 0 aliphatic carbocycles. The van der Waals surface area contributed by atoms with Gasteiger partial charge in [-0.2, -0.15) is 0 Å². The second-order valence-electron chi connectivity index (χ2n) is 3.69. The van der Waals surface area contributed by atoms with Crippen LogP contribution in [0.1, 0.15) is 36.9 Å². The van der Waals surface area contributed by atoms with E-state index in [1.54, 1.807) is 6.07 Å². The number of hydrogen-bond acceptors (Lipinski definition) is 2. The number of furan rings is 1. The Hall–Kier alpha value is -0.760. The summed E-state index contributed by atoms with van der Waals surface area (Å²) in [7, 11) is 0. The lowest BCUT2D eigenvalue weighted by Gasteiger charge is -2.16. The minimum Gasteiger partial charge on any atom is -0.460 e. The van der Waals surface area contributed by atoms with Gasteiger partial charge in [0.25, 0.3) is 5.24 Å². The number of halogens is 1. The van der Waals surface area contributed by atoms with Crippen molar-refractivity contribution in [1.29, 1.82) is 0 Å². The van der Waals surface area contributed by atoms with E-state index < -0.39 is 5.24 Å². The highest BCUT2D eigenvalue weighted by Gasteiger charge is 2.23. The molecular formula is C9H11ClO2. The fourth-order valence-electron chi connectivity index (χ4n) is 1.05. The third-order valence-corrected chi connectivity index (χ3v) is 1.82. The van der Waals surface area contributed by atoms with Gasteiger partial charge in [-0.3, -0.25) is 4.79 Å². The smallest absolute Gasteiger partial charge is 0.288 e. The average molecular weight is 187 g/mol. The van der Waals surface area contributed by atoms with Crippen molar-refractivity contribution in [2.75, 3.05) is 0 Å². The number of carbonyl (C=O) groups excluding carboxylic acids is 1. The van der Waals surface area contributed by atoms with E-state index in [2.05, 4.69) is 0 Å². The van der Waals surface area contributed by atoms with Crippen molar-refractivity contribution >= 4 is 16.8 Å². The average Bonchev–Trinajstić information content (AvgIpc) is 2.30. The molecule has 1 aromatic heterocycles. The van der Waals surface area contributed by atoms with Crippen molar-refractivity contribution in [3.8, 4) is 0 Å². The molecule has 2 nitrogen and oxygen atoms in total. The van der Waals surface area contributed by atoms with Gasteiger partial charge in [-0.05, 0) is 23.1 Å². The molecule has 0 aliphatic rings. The molecule has 1 rings (SSSR count). The standard InChI is InChI=1S/C9H11ClO2/c1-9(2,3)6-4-5-12-7(6)8(10)11/h4-5H,1-3H3. The van der Waals surface area contributed by atoms with E-state index in [0.29, 0.717) is 0 Å². The molecule has 0 aromatic carbocycles. The zero-order valence-electron chi connectivity index (χ0n) is 7.35. The Morgan fingerprint density at radius 3 is 2.42 bits per heavy atom. The molecule has 0 aliphatic heterocycles. The third kappa shape index (κ3) is 1.69. The summed E-state index contributed by atoms with van der Waals surface area (Å²) in [5.41, 5.74) is 0.745. The summed E-state index contributed by atoms with van der Waals surface area (Å²) in [6.07, 6.45) is 1.48. The molecular weight excluding hydrogens is 176 g/mol. The summed E-state index contributed by atoms with van der Waals surface area (Å²) < 4.78 is 4.97. The van der Waals surface area contributed by atoms with Gasteiger partial charge < -0.3 is 4.42 Å². The van der Waals surface area contributed by atoms with Crippen molar-refractivity contribution in [3.63, 3.8) is 0 Å². The van der Waals surface area contributed by atoms with Gasteiger partial charge in [0.1, 0.15) is 0 Å². The highest BCUT2D eigenvalue weighted by Crippen LogP contribution is 2.27. The summed E-state index contributed by atoms with van der Waals surface area (Å²) in [4.78, 5) is 10.8. The minimum atomic E-state index is -0.537. The van der Waals surface area contributed by atoms with Crippen LogP contribution in [0.4, 0.5) is 0 Å². The molecule has 66 valence electrons. The van der Waals surface area contributed by atoms with Crippen LogP contribution in [0.3, 0.4) is 0 Å². The first-order valence-electron chi connectivity index (χ1n) is 3.70. The summed E-state index contributed by atoms with van der Waals surface area (Å²) in [5.74, 6) is 0.254. The van der Waals surface area contributed by atoms with Crippen LogP contribution >= 0.6 is 11.6 Å². The van der Waals surface area contributed by atoms with Crippen LogP contribution in [0.25, 0.3) is 0 Å². The first kappa shape index (κ1) is 9.33. The van der Waals surface area contributed by atoms with E-state index in [1.165, 1.54) is 6.26 Å². The molecule has 0 bridgehead atoms. The first-order chi connectivity index (χ1) is 5.43. The van der Waals surface area contributed by atoms with Crippen LogP contribution in [-0.2, 0) is 5.41 Å². The van der Waals surface area contributed by atoms with Crippen LogP contribution in [0.15, 0.2) is 16.7 Å². The number of carbonyl (C=O) groups is 1. The molecule has 12 heavy (non-hydrogen) atoms. The largest absolute Gasteiger partial charge is 0.460 e. The maximum absolute atomic E-state index is 10.8. The van der Waals surface area contributed by atoms with Crippen molar-refractivity contribution in [2.45, 2.75) is 26.2 Å². The lowest BCUT2D eigenvalue weighted by Crippen LogP contribution is -2.13. The van der Waals surface area contributed by atoms with Crippen LogP contribution in [-0.4, -0.2) is 5.24 Å². The molecule has 0 spiro atoms. The Morgan fingerprint density at radius 2 is 2.08 bits per heavy atom. The molecule has 0 amide bonds. The quantitative estimate of drug-likeness (QED) is 0.632. The minimum absolute atomic E-state index is 0.104. The normalized spacial score (nSPS) is 11.7. The second-order valence-corrected chi connectivity index (χ2v) is 4.03. The fourth-order valence-corrected chi connectivity index (χ4v) is 1.20. The predicted octanol–water partition coefficient (Wildman–Crippen LogP) is 2.96. The van der Waals surface area contributed by atoms with Crippen molar-refractivity contribution in [2.24, 2.45) is 0 Å². The second kappa shape index (κ2) is 2.94. The Kier molecular flexibility index (Phi) is 2.29. The molecule has 1 heterocycles. The monoisotopic (exact) mass is 186 g/mol. The van der Waals surface area contributed by atoms with E-state index in [9.17, 15) is 4.79 Å². The van der Waals surface area contributed by atoms with Gasteiger partial charge in [-0.15, -0.1) is 0 Å². The first-order valence-corrected chi connectivity index (χ1v) is 4.08. The van der Waals surface area contributed by atoms with Gasteiger partial charge in [-0.1, -0.05) is 20.8 Å². The van der Waals surface area contributed by atoms with Crippen molar-refractivity contribution in [3.05, 3.63) is 23.7 Å². The van der Waals surface area contributed by atoms with E-state index in [4.69, 9.17) is 16.0 Å². The lowest BCUT2D eigenvalue weighted by atomic mass is 9.87. The van der Waals surface area contributed by atoms with Gasteiger partial charge in [0, 0.05) is 5.56 Å². The molecule has 0 unspecified atom stereocenters. The highest BCUT2D eigenvalue weighted by molar-refractivity contribution is 6.67. The van der Waals surface area contributed by atoms with E-state index in [1.807, 2.05) is 20.8 Å². The molecule has 0 saturated carbocycles. The fraction of sp³-hybridized carbons (Fsp3) is 0.444. The van der Waals surface area contributed by atoms with E-state index in [0.717, 1.165) is 5.56 Å². The van der Waals surface area contributed by atoms with Gasteiger partial charge in [0.2, 0.25) is 0 Å². The molecule has 0 atom stereocenters. The number of hydrogen-bond donors (Lipinski definition) is 0. The maximum Gasteiger partial charge on any atom is 0.288 e. The van der Waals surface area contributed by atoms with Crippen LogP contribution < -0.4 is 0 Å². The summed E-state index contributed by atoms with van der Waals surface area (Å²) in [5, 5.41) is -0.537. The van der Waals surface area contributed by atoms with Gasteiger partial charge in [0.15, 0.2) is 5.76 Å². The Morgan fingerprint density at radius 1 is 1.50 bits per heavy atom. The topological polar surface area (TPSA) is 30.2 Å². The van der Waals surface area contributed by atoms with Crippen molar-refractivity contribution < 1.29 is 9.21 Å². The summed E-state index contributed by atoms with van der Waals surface area (Å²) in [6.45, 7) is 6.00. The summed E-state index contributed by atoms with van der Waals surface area (Å²) in [6, 6.07) is 1.77. The lowest BCUT2D eigenvalue weighted by molar-refractivity contribution is 0.105. The SMILES string of the molecule is CC(C)(C)c1ccoc1C(=O)Cl. The zero-order valence-corrected chi connectivity index (χ0v) is 8.11. The third-order valence-electron chi connectivity index (χ3n) is 1.65. The predicted molar refractivity (Wildman–Crippen MR) is 47.6 cm³/mol. The Bertz CT molecular complexity index is 294. The van der Waals surface area contributed by atoms with Gasteiger partial charge >= 0.3 is 0 Å². The molecule has 0 fully saturated rings. The van der Waals surface area contributed by atoms with E-state index >= 15 is 0 Å². The van der Waals surface area contributed by atoms with Gasteiger partial charge in [-0.25, -0.2) is 0 Å².